The predicted octanol–water partition coefficient (Wildman–Crippen LogP) is 3.06. The monoisotopic (exact) mass is 418 g/mol. The van der Waals surface area contributed by atoms with E-state index in [9.17, 15) is 0 Å². The molecule has 0 aliphatic heterocycles. The maximum Gasteiger partial charge on any atom is 0.126 e. The molecule has 0 aromatic carbocycles. The standard InChI is InChI=1S/C21H31ClN6O/c1-14(13-29-10-9-23)26-15-5-7-16(8-6-15)27-21-11-17(18(22)12-25-21)19-3-2-4-20(24)28-19/h2-4,11-12,14-16,26H,5-10,13,23H2,1H3,(H2,24,28)(H,25,27)/t14?,15-,16-. The Bertz CT molecular complexity index is 782. The molecule has 1 aliphatic rings. The highest BCUT2D eigenvalue weighted by molar-refractivity contribution is 6.33. The molecule has 29 heavy (non-hydrogen) atoms. The van der Waals surface area contributed by atoms with Crippen LogP contribution in [0.15, 0.2) is 30.5 Å². The fourth-order valence-corrected chi connectivity index (χ4v) is 3.92. The molecule has 1 saturated carbocycles. The first-order valence-electron chi connectivity index (χ1n) is 10.2. The summed E-state index contributed by atoms with van der Waals surface area (Å²) in [6, 6.07) is 8.74. The molecule has 0 saturated heterocycles. The lowest BCUT2D eigenvalue weighted by Gasteiger charge is -2.32. The van der Waals surface area contributed by atoms with Gasteiger partial charge in [0.15, 0.2) is 0 Å². The summed E-state index contributed by atoms with van der Waals surface area (Å²) < 4.78 is 5.52. The third-order valence-corrected chi connectivity index (χ3v) is 5.43. The minimum absolute atomic E-state index is 0.336. The second-order valence-electron chi connectivity index (χ2n) is 7.62. The number of rotatable bonds is 9. The first-order valence-corrected chi connectivity index (χ1v) is 10.6. The zero-order valence-electron chi connectivity index (χ0n) is 16.9. The Labute approximate surface area is 177 Å². The van der Waals surface area contributed by atoms with Crippen molar-refractivity contribution in [3.05, 3.63) is 35.5 Å². The molecule has 1 aliphatic carbocycles. The number of halogens is 1. The number of nitrogens with zero attached hydrogens (tertiary/aromatic N) is 2. The Morgan fingerprint density at radius 2 is 2.00 bits per heavy atom. The zero-order chi connectivity index (χ0) is 20.6. The Morgan fingerprint density at radius 3 is 2.72 bits per heavy atom. The van der Waals surface area contributed by atoms with Crippen molar-refractivity contribution in [1.82, 2.24) is 15.3 Å². The maximum absolute atomic E-state index is 6.34. The molecule has 6 N–H and O–H groups in total. The highest BCUT2D eigenvalue weighted by atomic mass is 35.5. The van der Waals surface area contributed by atoms with Crippen molar-refractivity contribution in [2.45, 2.75) is 50.7 Å². The number of pyridine rings is 2. The summed E-state index contributed by atoms with van der Waals surface area (Å²) in [5, 5.41) is 7.77. The highest BCUT2D eigenvalue weighted by Crippen LogP contribution is 2.29. The van der Waals surface area contributed by atoms with Gasteiger partial charge in [-0.15, -0.1) is 0 Å². The molecule has 7 nitrogen and oxygen atoms in total. The van der Waals surface area contributed by atoms with Crippen molar-refractivity contribution in [2.24, 2.45) is 5.73 Å². The van der Waals surface area contributed by atoms with E-state index in [4.69, 9.17) is 27.8 Å². The first kappa shape index (κ1) is 21.8. The van der Waals surface area contributed by atoms with Gasteiger partial charge in [0.05, 0.1) is 23.9 Å². The summed E-state index contributed by atoms with van der Waals surface area (Å²) in [5.74, 6) is 1.28. The molecule has 0 spiro atoms. The van der Waals surface area contributed by atoms with E-state index in [2.05, 4.69) is 27.5 Å². The van der Waals surface area contributed by atoms with Crippen molar-refractivity contribution in [3.8, 4) is 11.3 Å². The Morgan fingerprint density at radius 1 is 1.24 bits per heavy atom. The summed E-state index contributed by atoms with van der Waals surface area (Å²) in [5.41, 5.74) is 12.9. The normalized spacial score (nSPS) is 20.4. The smallest absolute Gasteiger partial charge is 0.126 e. The largest absolute Gasteiger partial charge is 0.384 e. The topological polar surface area (TPSA) is 111 Å². The summed E-state index contributed by atoms with van der Waals surface area (Å²) in [6.07, 6.45) is 6.08. The molecule has 2 aromatic heterocycles. The molecule has 3 rings (SSSR count). The first-order chi connectivity index (χ1) is 14.0. The molecule has 158 valence electrons. The van der Waals surface area contributed by atoms with Gasteiger partial charge in [0.1, 0.15) is 11.6 Å². The molecular weight excluding hydrogens is 388 g/mol. The second-order valence-corrected chi connectivity index (χ2v) is 8.03. The van der Waals surface area contributed by atoms with Gasteiger partial charge < -0.3 is 26.8 Å². The number of aromatic nitrogens is 2. The number of anilines is 2. The van der Waals surface area contributed by atoms with E-state index in [0.29, 0.717) is 48.7 Å². The molecule has 2 aromatic rings. The average Bonchev–Trinajstić information content (AvgIpc) is 2.71. The molecule has 8 heteroatoms. The van der Waals surface area contributed by atoms with E-state index in [0.717, 1.165) is 42.8 Å². The van der Waals surface area contributed by atoms with E-state index in [-0.39, 0.29) is 0 Å². The van der Waals surface area contributed by atoms with Crippen LogP contribution in [0.2, 0.25) is 5.02 Å². The van der Waals surface area contributed by atoms with Crippen molar-refractivity contribution in [3.63, 3.8) is 0 Å². The SMILES string of the molecule is CC(COCCN)N[C@H]1CC[C@H](Nc2cc(-c3cccc(N)n3)c(Cl)cn2)CC1. The summed E-state index contributed by atoms with van der Waals surface area (Å²) in [6.45, 7) is 4.04. The predicted molar refractivity (Wildman–Crippen MR) is 119 cm³/mol. The van der Waals surface area contributed by atoms with Crippen LogP contribution < -0.4 is 22.1 Å². The van der Waals surface area contributed by atoms with Crippen LogP contribution >= 0.6 is 11.6 Å². The Kier molecular flexibility index (Phi) is 8.06. The van der Waals surface area contributed by atoms with Crippen molar-refractivity contribution >= 4 is 23.2 Å². The van der Waals surface area contributed by atoms with Crippen LogP contribution in [-0.4, -0.2) is 47.9 Å². The van der Waals surface area contributed by atoms with E-state index >= 15 is 0 Å². The van der Waals surface area contributed by atoms with Gasteiger partial charge in [-0.2, -0.15) is 0 Å². The van der Waals surface area contributed by atoms with Gasteiger partial charge in [-0.05, 0) is 50.8 Å². The number of hydrogen-bond acceptors (Lipinski definition) is 7. The molecule has 0 radical (unpaired) electrons. The quantitative estimate of drug-likeness (QED) is 0.463. The van der Waals surface area contributed by atoms with Gasteiger partial charge >= 0.3 is 0 Å². The minimum Gasteiger partial charge on any atom is -0.384 e. The number of hydrogen-bond donors (Lipinski definition) is 4. The van der Waals surface area contributed by atoms with Gasteiger partial charge in [0.2, 0.25) is 0 Å². The highest BCUT2D eigenvalue weighted by Gasteiger charge is 2.22. The third-order valence-electron chi connectivity index (χ3n) is 5.13. The molecule has 0 bridgehead atoms. The molecule has 0 amide bonds. The van der Waals surface area contributed by atoms with Gasteiger partial charge in [0, 0.05) is 36.4 Å². The van der Waals surface area contributed by atoms with Crippen molar-refractivity contribution in [1.29, 1.82) is 0 Å². The molecular formula is C21H31ClN6O. The average molecular weight is 419 g/mol. The van der Waals surface area contributed by atoms with Gasteiger partial charge in [-0.25, -0.2) is 9.97 Å². The molecule has 1 atom stereocenters. The van der Waals surface area contributed by atoms with E-state index in [1.807, 2.05) is 18.2 Å². The summed E-state index contributed by atoms with van der Waals surface area (Å²) in [4.78, 5) is 8.81. The Hall–Kier alpha value is -1.93. The number of nitrogen functional groups attached to an aromatic ring is 1. The molecule has 2 heterocycles. The van der Waals surface area contributed by atoms with Crippen LogP contribution in [-0.2, 0) is 4.74 Å². The van der Waals surface area contributed by atoms with E-state index in [1.165, 1.54) is 0 Å². The van der Waals surface area contributed by atoms with Gasteiger partial charge in [-0.3, -0.25) is 0 Å². The van der Waals surface area contributed by atoms with Crippen LogP contribution in [0.25, 0.3) is 11.3 Å². The summed E-state index contributed by atoms with van der Waals surface area (Å²) >= 11 is 6.34. The van der Waals surface area contributed by atoms with Crippen LogP contribution in [0, 0.1) is 0 Å². The Balaban J connectivity index is 1.52. The number of nitrogens with two attached hydrogens (primary N) is 2. The lowest BCUT2D eigenvalue weighted by Crippen LogP contribution is -2.43. The number of ether oxygens (including phenoxy) is 1. The van der Waals surface area contributed by atoms with Crippen LogP contribution in [0.1, 0.15) is 32.6 Å². The lowest BCUT2D eigenvalue weighted by atomic mass is 9.90. The second kappa shape index (κ2) is 10.7. The van der Waals surface area contributed by atoms with Gasteiger partial charge in [-0.1, -0.05) is 17.7 Å². The summed E-state index contributed by atoms with van der Waals surface area (Å²) in [7, 11) is 0. The van der Waals surface area contributed by atoms with Crippen LogP contribution in [0.3, 0.4) is 0 Å². The minimum atomic E-state index is 0.336. The lowest BCUT2D eigenvalue weighted by molar-refractivity contribution is 0.115. The van der Waals surface area contributed by atoms with Crippen molar-refractivity contribution in [2.75, 3.05) is 30.8 Å². The fourth-order valence-electron chi connectivity index (χ4n) is 3.72. The van der Waals surface area contributed by atoms with Crippen LogP contribution in [0.5, 0.6) is 0 Å². The third kappa shape index (κ3) is 6.54. The molecule has 1 unspecified atom stereocenters. The van der Waals surface area contributed by atoms with Crippen molar-refractivity contribution < 1.29 is 4.74 Å². The number of nitrogens with one attached hydrogen (secondary N) is 2. The molecule has 1 fully saturated rings. The van der Waals surface area contributed by atoms with E-state index in [1.54, 1.807) is 12.3 Å². The van der Waals surface area contributed by atoms with E-state index < -0.39 is 0 Å². The maximum atomic E-state index is 6.34. The zero-order valence-corrected chi connectivity index (χ0v) is 17.7. The van der Waals surface area contributed by atoms with Gasteiger partial charge in [0.25, 0.3) is 0 Å². The fraction of sp³-hybridized carbons (Fsp3) is 0.524. The van der Waals surface area contributed by atoms with Crippen LogP contribution in [0.4, 0.5) is 11.6 Å².